The third-order valence-electron chi connectivity index (χ3n) is 4.16. The molecule has 1 amide bonds. The van der Waals surface area contributed by atoms with Gasteiger partial charge in [0.05, 0.1) is 0 Å². The molecule has 0 unspecified atom stereocenters. The molecule has 4 heteroatoms. The summed E-state index contributed by atoms with van der Waals surface area (Å²) in [7, 11) is 0. The van der Waals surface area contributed by atoms with Crippen LogP contribution in [0.25, 0.3) is 0 Å². The predicted molar refractivity (Wildman–Crippen MR) is 85.4 cm³/mol. The first-order chi connectivity index (χ1) is 9.60. The van der Waals surface area contributed by atoms with E-state index in [0.717, 1.165) is 36.9 Å². The van der Waals surface area contributed by atoms with Gasteiger partial charge in [0.25, 0.3) is 0 Å². The molecule has 3 nitrogen and oxygen atoms in total. The summed E-state index contributed by atoms with van der Waals surface area (Å²) in [6, 6.07) is 8.91. The molecule has 0 aliphatic carbocycles. The van der Waals surface area contributed by atoms with E-state index in [1.807, 2.05) is 11.0 Å². The van der Waals surface area contributed by atoms with Crippen LogP contribution in [0.1, 0.15) is 32.3 Å². The lowest BCUT2D eigenvalue weighted by Crippen LogP contribution is -2.50. The highest BCUT2D eigenvalue weighted by atomic mass is 79.9. The minimum Gasteiger partial charge on any atom is -0.343 e. The van der Waals surface area contributed by atoms with Crippen LogP contribution in [0.3, 0.4) is 0 Å². The number of amides is 1. The zero-order valence-corrected chi connectivity index (χ0v) is 13.8. The molecule has 0 spiro atoms. The lowest BCUT2D eigenvalue weighted by Gasteiger charge is -2.38. The lowest BCUT2D eigenvalue weighted by atomic mass is 9.89. The van der Waals surface area contributed by atoms with Gasteiger partial charge in [-0.05, 0) is 30.0 Å². The van der Waals surface area contributed by atoms with Crippen LogP contribution in [0.5, 0.6) is 0 Å². The molecular weight excluding hydrogens is 316 g/mol. The molecule has 1 aromatic carbocycles. The number of hydrogen-bond donors (Lipinski definition) is 1. The molecule has 1 fully saturated rings. The number of carbonyl (C=O) groups excluding carboxylic acids is 1. The second-order valence-electron chi connectivity index (χ2n) is 5.54. The Balaban J connectivity index is 1.90. The number of nitrogens with one attached hydrogen (secondary N) is 1. The van der Waals surface area contributed by atoms with E-state index in [9.17, 15) is 4.79 Å². The molecule has 20 heavy (non-hydrogen) atoms. The number of halogens is 1. The fraction of sp³-hybridized carbons (Fsp3) is 0.562. The molecule has 0 radical (unpaired) electrons. The molecule has 1 aliphatic rings. The van der Waals surface area contributed by atoms with Gasteiger partial charge in [-0.1, -0.05) is 41.4 Å². The zero-order valence-electron chi connectivity index (χ0n) is 12.2. The summed E-state index contributed by atoms with van der Waals surface area (Å²) in [5.74, 6) is 0.758. The fourth-order valence-electron chi connectivity index (χ4n) is 2.90. The van der Waals surface area contributed by atoms with Gasteiger partial charge in [0.1, 0.15) is 0 Å². The highest BCUT2D eigenvalue weighted by molar-refractivity contribution is 9.10. The van der Waals surface area contributed by atoms with Gasteiger partial charge < -0.3 is 10.2 Å². The maximum absolute atomic E-state index is 11.5. The maximum Gasteiger partial charge on any atom is 0.219 e. The average molecular weight is 339 g/mol. The van der Waals surface area contributed by atoms with E-state index in [4.69, 9.17) is 0 Å². The number of rotatable bonds is 4. The van der Waals surface area contributed by atoms with Crippen molar-refractivity contribution in [2.24, 2.45) is 5.92 Å². The first-order valence-electron chi connectivity index (χ1n) is 7.33. The molecule has 1 saturated heterocycles. The monoisotopic (exact) mass is 338 g/mol. The SMILES string of the molecule is CC[C@@H]1CN(C(C)=O)CC[C@H]1NCc1cccc(Br)c1. The minimum absolute atomic E-state index is 0.203. The Bertz CT molecular complexity index is 464. The molecule has 0 bridgehead atoms. The Kier molecular flexibility index (Phi) is 5.61. The fourth-order valence-corrected chi connectivity index (χ4v) is 3.34. The van der Waals surface area contributed by atoms with Crippen LogP contribution < -0.4 is 5.32 Å². The topological polar surface area (TPSA) is 32.3 Å². The van der Waals surface area contributed by atoms with Crippen molar-refractivity contribution in [2.75, 3.05) is 13.1 Å². The third-order valence-corrected chi connectivity index (χ3v) is 4.65. The molecule has 1 heterocycles. The molecule has 1 aliphatic heterocycles. The number of benzene rings is 1. The van der Waals surface area contributed by atoms with Crippen molar-refractivity contribution in [1.29, 1.82) is 0 Å². The molecule has 0 saturated carbocycles. The van der Waals surface area contributed by atoms with Crippen molar-refractivity contribution in [1.82, 2.24) is 10.2 Å². The summed E-state index contributed by atoms with van der Waals surface area (Å²) in [5, 5.41) is 3.67. The molecule has 1 aromatic rings. The Morgan fingerprint density at radius 3 is 2.95 bits per heavy atom. The Morgan fingerprint density at radius 2 is 2.30 bits per heavy atom. The summed E-state index contributed by atoms with van der Waals surface area (Å²) in [6.07, 6.45) is 2.16. The lowest BCUT2D eigenvalue weighted by molar-refractivity contribution is -0.131. The average Bonchev–Trinajstić information content (AvgIpc) is 2.45. The Labute approximate surface area is 129 Å². The smallest absolute Gasteiger partial charge is 0.219 e. The Morgan fingerprint density at radius 1 is 1.50 bits per heavy atom. The van der Waals surface area contributed by atoms with Gasteiger partial charge in [-0.3, -0.25) is 4.79 Å². The predicted octanol–water partition coefficient (Wildman–Crippen LogP) is 3.19. The molecule has 1 N–H and O–H groups in total. The van der Waals surface area contributed by atoms with E-state index in [-0.39, 0.29) is 5.91 Å². The summed E-state index contributed by atoms with van der Waals surface area (Å²) in [6.45, 7) is 6.54. The van der Waals surface area contributed by atoms with Crippen molar-refractivity contribution < 1.29 is 4.79 Å². The standard InChI is InChI=1S/C16H23BrN2O/c1-3-14-11-19(12(2)20)8-7-16(14)18-10-13-5-4-6-15(17)9-13/h4-6,9,14,16,18H,3,7-8,10-11H2,1-2H3/t14-,16-/m1/s1. The number of nitrogens with zero attached hydrogens (tertiary/aromatic N) is 1. The van der Waals surface area contributed by atoms with Crippen LogP contribution in [0.2, 0.25) is 0 Å². The molecule has 2 atom stereocenters. The molecule has 0 aromatic heterocycles. The van der Waals surface area contributed by atoms with E-state index in [0.29, 0.717) is 12.0 Å². The van der Waals surface area contributed by atoms with Crippen molar-refractivity contribution in [3.05, 3.63) is 34.3 Å². The maximum atomic E-state index is 11.5. The quantitative estimate of drug-likeness (QED) is 0.914. The number of piperidine rings is 1. The number of hydrogen-bond acceptors (Lipinski definition) is 2. The van der Waals surface area contributed by atoms with Gasteiger partial charge in [-0.25, -0.2) is 0 Å². The van der Waals surface area contributed by atoms with Gasteiger partial charge in [0.15, 0.2) is 0 Å². The molecule has 2 rings (SSSR count). The summed E-state index contributed by atoms with van der Waals surface area (Å²) in [5.41, 5.74) is 1.29. The van der Waals surface area contributed by atoms with Crippen LogP contribution in [-0.2, 0) is 11.3 Å². The van der Waals surface area contributed by atoms with Crippen molar-refractivity contribution in [3.63, 3.8) is 0 Å². The first kappa shape index (κ1) is 15.5. The second-order valence-corrected chi connectivity index (χ2v) is 6.46. The van der Waals surface area contributed by atoms with E-state index in [1.54, 1.807) is 6.92 Å². The van der Waals surface area contributed by atoms with Crippen LogP contribution in [-0.4, -0.2) is 29.9 Å². The van der Waals surface area contributed by atoms with Crippen LogP contribution >= 0.6 is 15.9 Å². The van der Waals surface area contributed by atoms with Crippen molar-refractivity contribution in [2.45, 2.75) is 39.3 Å². The Hall–Kier alpha value is -0.870. The largest absolute Gasteiger partial charge is 0.343 e. The summed E-state index contributed by atoms with van der Waals surface area (Å²) >= 11 is 3.51. The van der Waals surface area contributed by atoms with E-state index in [1.165, 1.54) is 5.56 Å². The van der Waals surface area contributed by atoms with Crippen LogP contribution in [0, 0.1) is 5.92 Å². The van der Waals surface area contributed by atoms with Crippen molar-refractivity contribution in [3.8, 4) is 0 Å². The van der Waals surface area contributed by atoms with Crippen LogP contribution in [0.15, 0.2) is 28.7 Å². The van der Waals surface area contributed by atoms with Crippen molar-refractivity contribution >= 4 is 21.8 Å². The van der Waals surface area contributed by atoms with Gasteiger partial charge in [0, 0.05) is 37.1 Å². The minimum atomic E-state index is 0.203. The summed E-state index contributed by atoms with van der Waals surface area (Å²) < 4.78 is 1.12. The van der Waals surface area contributed by atoms with Crippen LogP contribution in [0.4, 0.5) is 0 Å². The first-order valence-corrected chi connectivity index (χ1v) is 8.12. The second kappa shape index (κ2) is 7.23. The highest BCUT2D eigenvalue weighted by Crippen LogP contribution is 2.21. The van der Waals surface area contributed by atoms with E-state index >= 15 is 0 Å². The zero-order chi connectivity index (χ0) is 14.5. The van der Waals surface area contributed by atoms with Gasteiger partial charge >= 0.3 is 0 Å². The molecular formula is C16H23BrN2O. The molecule has 110 valence electrons. The summed E-state index contributed by atoms with van der Waals surface area (Å²) in [4.78, 5) is 13.5. The number of likely N-dealkylation sites (tertiary alicyclic amines) is 1. The number of carbonyl (C=O) groups is 1. The van der Waals surface area contributed by atoms with Gasteiger partial charge in [-0.15, -0.1) is 0 Å². The van der Waals surface area contributed by atoms with E-state index < -0.39 is 0 Å². The van der Waals surface area contributed by atoms with E-state index in [2.05, 4.69) is 46.4 Å². The van der Waals surface area contributed by atoms with Gasteiger partial charge in [-0.2, -0.15) is 0 Å². The third kappa shape index (κ3) is 4.06. The van der Waals surface area contributed by atoms with Gasteiger partial charge in [0.2, 0.25) is 5.91 Å². The normalized spacial score (nSPS) is 22.9. The highest BCUT2D eigenvalue weighted by Gasteiger charge is 2.28.